The lowest BCUT2D eigenvalue weighted by Crippen LogP contribution is -2.37. The third kappa shape index (κ3) is 7.04. The van der Waals surface area contributed by atoms with Gasteiger partial charge in [-0.3, -0.25) is 9.79 Å². The third-order valence-corrected chi connectivity index (χ3v) is 3.44. The fourth-order valence-corrected chi connectivity index (χ4v) is 2.10. The van der Waals surface area contributed by atoms with Gasteiger partial charge in [0.15, 0.2) is 5.96 Å². The molecule has 128 valence electrons. The molecule has 0 aromatic heterocycles. The number of guanidine groups is 1. The SMILES string of the molecule is CN=C(NCCCCC(=O)OC)NCc1ccc(C)cc1OC. The number of esters is 1. The van der Waals surface area contributed by atoms with E-state index in [2.05, 4.69) is 26.4 Å². The number of hydrogen-bond acceptors (Lipinski definition) is 4. The lowest BCUT2D eigenvalue weighted by molar-refractivity contribution is -0.140. The number of hydrogen-bond donors (Lipinski definition) is 2. The first-order valence-electron chi connectivity index (χ1n) is 7.75. The number of aliphatic imine (C=N–C) groups is 1. The summed E-state index contributed by atoms with van der Waals surface area (Å²) in [4.78, 5) is 15.2. The van der Waals surface area contributed by atoms with Gasteiger partial charge < -0.3 is 20.1 Å². The van der Waals surface area contributed by atoms with Gasteiger partial charge in [0.2, 0.25) is 0 Å². The summed E-state index contributed by atoms with van der Waals surface area (Å²) in [6, 6.07) is 6.12. The summed E-state index contributed by atoms with van der Waals surface area (Å²) in [7, 11) is 4.81. The van der Waals surface area contributed by atoms with Gasteiger partial charge in [-0.1, -0.05) is 12.1 Å². The first-order chi connectivity index (χ1) is 11.1. The van der Waals surface area contributed by atoms with Gasteiger partial charge in [0, 0.05) is 32.1 Å². The van der Waals surface area contributed by atoms with Crippen molar-refractivity contribution in [3.05, 3.63) is 29.3 Å². The minimum Gasteiger partial charge on any atom is -0.496 e. The van der Waals surface area contributed by atoms with Gasteiger partial charge in [-0.15, -0.1) is 0 Å². The zero-order valence-electron chi connectivity index (χ0n) is 14.4. The standard InChI is InChI=1S/C17H27N3O3/c1-13-8-9-14(15(11-13)22-3)12-20-17(18-2)19-10-6-5-7-16(21)23-4/h8-9,11H,5-7,10,12H2,1-4H3,(H2,18,19,20). The van der Waals surface area contributed by atoms with Crippen molar-refractivity contribution in [2.24, 2.45) is 4.99 Å². The molecule has 0 atom stereocenters. The van der Waals surface area contributed by atoms with E-state index in [1.54, 1.807) is 14.2 Å². The van der Waals surface area contributed by atoms with Gasteiger partial charge in [0.25, 0.3) is 0 Å². The first kappa shape index (κ1) is 18.8. The van der Waals surface area contributed by atoms with Crippen LogP contribution in [0.25, 0.3) is 0 Å². The zero-order chi connectivity index (χ0) is 17.1. The Balaban J connectivity index is 2.36. The van der Waals surface area contributed by atoms with E-state index in [0.29, 0.717) is 13.0 Å². The van der Waals surface area contributed by atoms with Crippen LogP contribution in [0.2, 0.25) is 0 Å². The van der Waals surface area contributed by atoms with Crippen LogP contribution in [0.3, 0.4) is 0 Å². The third-order valence-electron chi connectivity index (χ3n) is 3.44. The van der Waals surface area contributed by atoms with Crippen LogP contribution in [0.1, 0.15) is 30.4 Å². The number of methoxy groups -OCH3 is 2. The molecule has 0 unspecified atom stereocenters. The molecule has 2 N–H and O–H groups in total. The molecule has 23 heavy (non-hydrogen) atoms. The highest BCUT2D eigenvalue weighted by atomic mass is 16.5. The summed E-state index contributed by atoms with van der Waals surface area (Å²) in [5, 5.41) is 6.48. The molecule has 0 aliphatic carbocycles. The molecular weight excluding hydrogens is 294 g/mol. The molecule has 0 amide bonds. The van der Waals surface area contributed by atoms with Crippen LogP contribution >= 0.6 is 0 Å². The highest BCUT2D eigenvalue weighted by molar-refractivity contribution is 5.79. The van der Waals surface area contributed by atoms with Crippen LogP contribution < -0.4 is 15.4 Å². The second-order valence-electron chi connectivity index (χ2n) is 5.20. The predicted molar refractivity (Wildman–Crippen MR) is 91.8 cm³/mol. The summed E-state index contributed by atoms with van der Waals surface area (Å²) >= 11 is 0. The molecular formula is C17H27N3O3. The Labute approximate surface area is 138 Å². The van der Waals surface area contributed by atoms with Gasteiger partial charge in [-0.25, -0.2) is 0 Å². The minimum atomic E-state index is -0.168. The molecule has 1 aromatic carbocycles. The largest absolute Gasteiger partial charge is 0.496 e. The van der Waals surface area contributed by atoms with Crippen molar-refractivity contribution in [3.8, 4) is 5.75 Å². The molecule has 0 aliphatic rings. The molecule has 1 aromatic rings. The number of carbonyl (C=O) groups excluding carboxylic acids is 1. The van der Waals surface area contributed by atoms with Crippen LogP contribution in [0, 0.1) is 6.92 Å². The normalized spacial score (nSPS) is 11.0. The summed E-state index contributed by atoms with van der Waals surface area (Å²) in [5.41, 5.74) is 2.24. The van der Waals surface area contributed by atoms with E-state index in [4.69, 9.17) is 4.74 Å². The molecule has 0 radical (unpaired) electrons. The number of unbranched alkanes of at least 4 members (excludes halogenated alkanes) is 1. The molecule has 0 spiro atoms. The van der Waals surface area contributed by atoms with Crippen molar-refractivity contribution in [2.45, 2.75) is 32.7 Å². The molecule has 0 fully saturated rings. The van der Waals surface area contributed by atoms with Gasteiger partial charge in [0.05, 0.1) is 14.2 Å². The quantitative estimate of drug-likeness (QED) is 0.332. The van der Waals surface area contributed by atoms with Crippen LogP contribution in [-0.4, -0.2) is 39.7 Å². The first-order valence-corrected chi connectivity index (χ1v) is 7.75. The molecule has 0 saturated heterocycles. The topological polar surface area (TPSA) is 72.0 Å². The van der Waals surface area contributed by atoms with E-state index in [-0.39, 0.29) is 5.97 Å². The number of rotatable bonds is 8. The van der Waals surface area contributed by atoms with Crippen molar-refractivity contribution < 1.29 is 14.3 Å². The second kappa shape index (κ2) is 10.5. The Kier molecular flexibility index (Phi) is 8.57. The average Bonchev–Trinajstić information content (AvgIpc) is 2.57. The van der Waals surface area contributed by atoms with E-state index in [1.807, 2.05) is 19.1 Å². The Morgan fingerprint density at radius 1 is 1.22 bits per heavy atom. The highest BCUT2D eigenvalue weighted by Crippen LogP contribution is 2.19. The smallest absolute Gasteiger partial charge is 0.305 e. The molecule has 6 heteroatoms. The summed E-state index contributed by atoms with van der Waals surface area (Å²) in [5.74, 6) is 1.43. The minimum absolute atomic E-state index is 0.168. The highest BCUT2D eigenvalue weighted by Gasteiger charge is 2.05. The van der Waals surface area contributed by atoms with Gasteiger partial charge in [-0.05, 0) is 31.4 Å². The van der Waals surface area contributed by atoms with Crippen molar-refractivity contribution in [2.75, 3.05) is 27.8 Å². The van der Waals surface area contributed by atoms with E-state index in [0.717, 1.165) is 36.7 Å². The van der Waals surface area contributed by atoms with E-state index >= 15 is 0 Å². The molecule has 0 heterocycles. The van der Waals surface area contributed by atoms with Gasteiger partial charge in [-0.2, -0.15) is 0 Å². The second-order valence-corrected chi connectivity index (χ2v) is 5.20. The fraction of sp³-hybridized carbons (Fsp3) is 0.529. The monoisotopic (exact) mass is 321 g/mol. The molecule has 0 aliphatic heterocycles. The van der Waals surface area contributed by atoms with Gasteiger partial charge in [0.1, 0.15) is 5.75 Å². The Morgan fingerprint density at radius 3 is 2.65 bits per heavy atom. The maximum atomic E-state index is 11.0. The molecule has 0 saturated carbocycles. The van der Waals surface area contributed by atoms with Gasteiger partial charge >= 0.3 is 5.97 Å². The number of nitrogens with zero attached hydrogens (tertiary/aromatic N) is 1. The van der Waals surface area contributed by atoms with Crippen molar-refractivity contribution in [1.82, 2.24) is 10.6 Å². The van der Waals surface area contributed by atoms with E-state index in [1.165, 1.54) is 12.7 Å². The van der Waals surface area contributed by atoms with Crippen molar-refractivity contribution >= 4 is 11.9 Å². The fourth-order valence-electron chi connectivity index (χ4n) is 2.10. The predicted octanol–water partition coefficient (Wildman–Crippen LogP) is 2.01. The van der Waals surface area contributed by atoms with Crippen LogP contribution in [0.15, 0.2) is 23.2 Å². The zero-order valence-corrected chi connectivity index (χ0v) is 14.4. The van der Waals surface area contributed by atoms with E-state index < -0.39 is 0 Å². The van der Waals surface area contributed by atoms with Crippen molar-refractivity contribution in [1.29, 1.82) is 0 Å². The number of benzene rings is 1. The number of nitrogens with one attached hydrogen (secondary N) is 2. The Hall–Kier alpha value is -2.24. The lowest BCUT2D eigenvalue weighted by atomic mass is 10.1. The molecule has 1 rings (SSSR count). The van der Waals surface area contributed by atoms with Crippen LogP contribution in [-0.2, 0) is 16.1 Å². The molecule has 6 nitrogen and oxygen atoms in total. The maximum Gasteiger partial charge on any atom is 0.305 e. The summed E-state index contributed by atoms with van der Waals surface area (Å²) in [6.45, 7) is 3.42. The number of aryl methyl sites for hydroxylation is 1. The number of carbonyl (C=O) groups is 1. The van der Waals surface area contributed by atoms with E-state index in [9.17, 15) is 4.79 Å². The van der Waals surface area contributed by atoms with Crippen LogP contribution in [0.5, 0.6) is 5.75 Å². The Morgan fingerprint density at radius 2 is 2.00 bits per heavy atom. The average molecular weight is 321 g/mol. The lowest BCUT2D eigenvalue weighted by Gasteiger charge is -2.14. The number of ether oxygens (including phenoxy) is 2. The summed E-state index contributed by atoms with van der Waals surface area (Å²) in [6.07, 6.45) is 2.12. The van der Waals surface area contributed by atoms with Crippen molar-refractivity contribution in [3.63, 3.8) is 0 Å². The maximum absolute atomic E-state index is 11.0. The van der Waals surface area contributed by atoms with Crippen LogP contribution in [0.4, 0.5) is 0 Å². The molecule has 0 bridgehead atoms. The Bertz CT molecular complexity index is 530. The summed E-state index contributed by atoms with van der Waals surface area (Å²) < 4.78 is 10.0.